The molecule has 2 rings (SSSR count). The van der Waals surface area contributed by atoms with Crippen LogP contribution in [0.5, 0.6) is 0 Å². The summed E-state index contributed by atoms with van der Waals surface area (Å²) in [5, 5.41) is 3.99. The smallest absolute Gasteiger partial charge is 0.128 e. The van der Waals surface area contributed by atoms with Gasteiger partial charge in [-0.05, 0) is 54.9 Å². The molecule has 0 aliphatic carbocycles. The molecular formula is C16H15Br2ClFN. The van der Waals surface area contributed by atoms with Crippen LogP contribution in [0.15, 0.2) is 45.3 Å². The van der Waals surface area contributed by atoms with Gasteiger partial charge in [-0.3, -0.25) is 0 Å². The van der Waals surface area contributed by atoms with Crippen LogP contribution in [0.3, 0.4) is 0 Å². The van der Waals surface area contributed by atoms with Gasteiger partial charge in [0.25, 0.3) is 0 Å². The SMILES string of the molecule is CCCNC(c1cc(Br)ccc1F)c1cc(Br)ccc1Cl. The van der Waals surface area contributed by atoms with E-state index in [4.69, 9.17) is 11.6 Å². The molecule has 0 fully saturated rings. The molecule has 1 nitrogen and oxygen atoms in total. The van der Waals surface area contributed by atoms with Crippen LogP contribution in [-0.2, 0) is 0 Å². The molecule has 1 N–H and O–H groups in total. The van der Waals surface area contributed by atoms with Crippen LogP contribution in [0.1, 0.15) is 30.5 Å². The number of hydrogen-bond donors (Lipinski definition) is 1. The van der Waals surface area contributed by atoms with Gasteiger partial charge >= 0.3 is 0 Å². The normalized spacial score (nSPS) is 12.4. The van der Waals surface area contributed by atoms with Crippen LogP contribution in [0.2, 0.25) is 5.02 Å². The van der Waals surface area contributed by atoms with Gasteiger partial charge in [0, 0.05) is 19.5 Å². The van der Waals surface area contributed by atoms with Crippen molar-refractivity contribution in [2.75, 3.05) is 6.54 Å². The fourth-order valence-electron chi connectivity index (χ4n) is 2.15. The molecule has 0 aliphatic heterocycles. The second-order valence-electron chi connectivity index (χ2n) is 4.72. The quantitative estimate of drug-likeness (QED) is 0.599. The number of hydrogen-bond acceptors (Lipinski definition) is 1. The molecule has 0 aromatic heterocycles. The Labute approximate surface area is 146 Å². The zero-order chi connectivity index (χ0) is 15.4. The van der Waals surface area contributed by atoms with E-state index in [1.54, 1.807) is 12.1 Å². The van der Waals surface area contributed by atoms with Gasteiger partial charge < -0.3 is 5.32 Å². The van der Waals surface area contributed by atoms with Crippen LogP contribution >= 0.6 is 43.5 Å². The highest BCUT2D eigenvalue weighted by atomic mass is 79.9. The van der Waals surface area contributed by atoms with Crippen LogP contribution in [-0.4, -0.2) is 6.54 Å². The second kappa shape index (κ2) is 7.73. The first kappa shape index (κ1) is 16.9. The number of nitrogens with one attached hydrogen (secondary N) is 1. The van der Waals surface area contributed by atoms with Gasteiger partial charge in [0.15, 0.2) is 0 Å². The van der Waals surface area contributed by atoms with Crippen LogP contribution < -0.4 is 5.32 Å². The summed E-state index contributed by atoms with van der Waals surface area (Å²) in [5.74, 6) is -0.247. The summed E-state index contributed by atoms with van der Waals surface area (Å²) in [5.41, 5.74) is 1.44. The minimum absolute atomic E-state index is 0.247. The molecule has 0 saturated heterocycles. The summed E-state index contributed by atoms with van der Waals surface area (Å²) in [6.07, 6.45) is 0.956. The van der Waals surface area contributed by atoms with Crippen molar-refractivity contribution in [1.29, 1.82) is 0 Å². The van der Waals surface area contributed by atoms with Gasteiger partial charge in [-0.2, -0.15) is 0 Å². The first-order valence-corrected chi connectivity index (χ1v) is 8.62. The van der Waals surface area contributed by atoms with E-state index in [0.717, 1.165) is 27.5 Å². The maximum atomic E-state index is 14.2. The Hall–Kier alpha value is -0.420. The van der Waals surface area contributed by atoms with E-state index >= 15 is 0 Å². The zero-order valence-corrected chi connectivity index (χ0v) is 15.4. The van der Waals surface area contributed by atoms with Gasteiger partial charge in [0.1, 0.15) is 5.82 Å². The lowest BCUT2D eigenvalue weighted by Gasteiger charge is -2.22. The topological polar surface area (TPSA) is 12.0 Å². The third-order valence-electron chi connectivity index (χ3n) is 3.14. The van der Waals surface area contributed by atoms with E-state index in [1.807, 2.05) is 18.2 Å². The number of rotatable bonds is 5. The zero-order valence-electron chi connectivity index (χ0n) is 11.5. The molecule has 21 heavy (non-hydrogen) atoms. The first-order chi connectivity index (χ1) is 10.0. The van der Waals surface area contributed by atoms with Gasteiger partial charge in [-0.25, -0.2) is 4.39 Å². The predicted octanol–water partition coefficient (Wildman–Crippen LogP) is 6.09. The van der Waals surface area contributed by atoms with Crippen molar-refractivity contribution in [2.45, 2.75) is 19.4 Å². The van der Waals surface area contributed by atoms with E-state index in [9.17, 15) is 4.39 Å². The molecule has 2 aromatic rings. The molecule has 0 amide bonds. The van der Waals surface area contributed by atoms with Crippen molar-refractivity contribution in [3.05, 3.63) is 67.3 Å². The van der Waals surface area contributed by atoms with E-state index < -0.39 is 0 Å². The lowest BCUT2D eigenvalue weighted by molar-refractivity contribution is 0.546. The molecule has 0 heterocycles. The lowest BCUT2D eigenvalue weighted by Crippen LogP contribution is -2.24. The molecule has 0 radical (unpaired) electrons. The minimum Gasteiger partial charge on any atom is -0.306 e. The highest BCUT2D eigenvalue weighted by Gasteiger charge is 2.20. The summed E-state index contributed by atoms with van der Waals surface area (Å²) in [7, 11) is 0. The van der Waals surface area contributed by atoms with Crippen molar-refractivity contribution in [3.63, 3.8) is 0 Å². The third kappa shape index (κ3) is 4.28. The Morgan fingerprint density at radius 2 is 1.71 bits per heavy atom. The molecule has 1 unspecified atom stereocenters. The molecule has 5 heteroatoms. The van der Waals surface area contributed by atoms with Crippen molar-refractivity contribution < 1.29 is 4.39 Å². The highest BCUT2D eigenvalue weighted by Crippen LogP contribution is 2.33. The fraction of sp³-hybridized carbons (Fsp3) is 0.250. The van der Waals surface area contributed by atoms with Gasteiger partial charge in [0.2, 0.25) is 0 Å². The largest absolute Gasteiger partial charge is 0.306 e. The van der Waals surface area contributed by atoms with E-state index in [0.29, 0.717) is 10.6 Å². The maximum absolute atomic E-state index is 14.2. The molecule has 0 aliphatic rings. The maximum Gasteiger partial charge on any atom is 0.128 e. The molecule has 1 atom stereocenters. The van der Waals surface area contributed by atoms with Crippen molar-refractivity contribution in [1.82, 2.24) is 5.32 Å². The summed E-state index contributed by atoms with van der Waals surface area (Å²) >= 11 is 13.2. The molecule has 0 spiro atoms. The second-order valence-corrected chi connectivity index (χ2v) is 6.96. The number of benzene rings is 2. The van der Waals surface area contributed by atoms with Gasteiger partial charge in [-0.15, -0.1) is 0 Å². The van der Waals surface area contributed by atoms with Crippen molar-refractivity contribution >= 4 is 43.5 Å². The molecule has 0 bridgehead atoms. The summed E-state index contributed by atoms with van der Waals surface area (Å²) < 4.78 is 16.0. The van der Waals surface area contributed by atoms with E-state index in [2.05, 4.69) is 44.1 Å². The molecular weight excluding hydrogens is 420 g/mol. The Morgan fingerprint density at radius 3 is 2.38 bits per heavy atom. The third-order valence-corrected chi connectivity index (χ3v) is 4.47. The van der Waals surface area contributed by atoms with Crippen molar-refractivity contribution in [2.24, 2.45) is 0 Å². The summed E-state index contributed by atoms with van der Waals surface area (Å²) in [6, 6.07) is 10.3. The Kier molecular flexibility index (Phi) is 6.23. The summed E-state index contributed by atoms with van der Waals surface area (Å²) in [4.78, 5) is 0. The van der Waals surface area contributed by atoms with Gasteiger partial charge in [-0.1, -0.05) is 50.4 Å². The van der Waals surface area contributed by atoms with Crippen LogP contribution in [0, 0.1) is 5.82 Å². The van der Waals surface area contributed by atoms with Crippen LogP contribution in [0.4, 0.5) is 4.39 Å². The monoisotopic (exact) mass is 433 g/mol. The van der Waals surface area contributed by atoms with Crippen molar-refractivity contribution in [3.8, 4) is 0 Å². The Morgan fingerprint density at radius 1 is 1.10 bits per heavy atom. The standard InChI is InChI=1S/C16H15Br2ClFN/c1-2-7-21-16(12-8-10(17)3-5-14(12)19)13-9-11(18)4-6-15(13)20/h3-6,8-9,16,21H,2,7H2,1H3. The Balaban J connectivity index is 2.52. The first-order valence-electron chi connectivity index (χ1n) is 6.66. The minimum atomic E-state index is -0.285. The van der Waals surface area contributed by atoms with Gasteiger partial charge in [0.05, 0.1) is 6.04 Å². The molecule has 112 valence electrons. The average Bonchev–Trinajstić information content (AvgIpc) is 2.46. The lowest BCUT2D eigenvalue weighted by atomic mass is 9.98. The molecule has 0 saturated carbocycles. The molecule has 2 aromatic carbocycles. The predicted molar refractivity (Wildman–Crippen MR) is 93.4 cm³/mol. The summed E-state index contributed by atoms with van der Waals surface area (Å²) in [6.45, 7) is 2.85. The van der Waals surface area contributed by atoms with E-state index in [-0.39, 0.29) is 11.9 Å². The highest BCUT2D eigenvalue weighted by molar-refractivity contribution is 9.10. The Bertz CT molecular complexity index is 582. The van der Waals surface area contributed by atoms with Crippen LogP contribution in [0.25, 0.3) is 0 Å². The number of halogens is 4. The average molecular weight is 436 g/mol. The van der Waals surface area contributed by atoms with E-state index in [1.165, 1.54) is 6.07 Å². The fourth-order valence-corrected chi connectivity index (χ4v) is 3.13.